The highest BCUT2D eigenvalue weighted by Crippen LogP contribution is 2.14. The molecule has 1 heterocycles. The first-order valence-electron chi connectivity index (χ1n) is 6.34. The summed E-state index contributed by atoms with van der Waals surface area (Å²) < 4.78 is 5.13. The summed E-state index contributed by atoms with van der Waals surface area (Å²) in [6.45, 7) is 2.22. The van der Waals surface area contributed by atoms with Gasteiger partial charge in [0.15, 0.2) is 5.78 Å². The molecular formula is C14H20N2O2. The standard InChI is InChI=1S/C14H20N2O2/c1-18-13-6-2-4-11(8-13)14(17)10-16-7-3-5-12(15)9-16/h2,4,6,8,12H,3,5,7,9-10,15H2,1H3. The van der Waals surface area contributed by atoms with E-state index >= 15 is 0 Å². The Morgan fingerprint density at radius 3 is 3.11 bits per heavy atom. The summed E-state index contributed by atoms with van der Waals surface area (Å²) in [5, 5.41) is 0. The highest BCUT2D eigenvalue weighted by Gasteiger charge is 2.19. The maximum absolute atomic E-state index is 12.1. The van der Waals surface area contributed by atoms with Crippen molar-refractivity contribution in [2.45, 2.75) is 18.9 Å². The predicted octanol–water partition coefficient (Wildman–Crippen LogP) is 1.30. The van der Waals surface area contributed by atoms with E-state index in [9.17, 15) is 4.79 Å². The molecule has 2 rings (SSSR count). The third kappa shape index (κ3) is 3.31. The van der Waals surface area contributed by atoms with Crippen molar-refractivity contribution >= 4 is 5.78 Å². The molecule has 4 heteroatoms. The van der Waals surface area contributed by atoms with Gasteiger partial charge in [-0.05, 0) is 31.5 Å². The van der Waals surface area contributed by atoms with Crippen molar-refractivity contribution in [3.05, 3.63) is 29.8 Å². The highest BCUT2D eigenvalue weighted by molar-refractivity contribution is 5.97. The van der Waals surface area contributed by atoms with Crippen LogP contribution in [-0.4, -0.2) is 43.5 Å². The van der Waals surface area contributed by atoms with E-state index in [-0.39, 0.29) is 11.8 Å². The zero-order valence-electron chi connectivity index (χ0n) is 10.8. The van der Waals surface area contributed by atoms with Gasteiger partial charge in [0, 0.05) is 18.2 Å². The fourth-order valence-electron chi connectivity index (χ4n) is 2.33. The molecule has 1 aliphatic rings. The fraction of sp³-hybridized carbons (Fsp3) is 0.500. The number of benzene rings is 1. The number of nitrogens with zero attached hydrogens (tertiary/aromatic N) is 1. The molecule has 0 bridgehead atoms. The Labute approximate surface area is 108 Å². The number of piperidine rings is 1. The van der Waals surface area contributed by atoms with Gasteiger partial charge in [0.25, 0.3) is 0 Å². The predicted molar refractivity (Wildman–Crippen MR) is 71.0 cm³/mol. The molecule has 1 atom stereocenters. The van der Waals surface area contributed by atoms with Gasteiger partial charge >= 0.3 is 0 Å². The number of nitrogens with two attached hydrogens (primary N) is 1. The monoisotopic (exact) mass is 248 g/mol. The van der Waals surface area contributed by atoms with Crippen LogP contribution in [0.15, 0.2) is 24.3 Å². The van der Waals surface area contributed by atoms with Crippen LogP contribution < -0.4 is 10.5 Å². The lowest BCUT2D eigenvalue weighted by Crippen LogP contribution is -2.44. The minimum atomic E-state index is 0.128. The van der Waals surface area contributed by atoms with Crippen LogP contribution in [-0.2, 0) is 0 Å². The van der Waals surface area contributed by atoms with E-state index in [1.165, 1.54) is 0 Å². The number of ketones is 1. The number of methoxy groups -OCH3 is 1. The average Bonchev–Trinajstić information content (AvgIpc) is 2.39. The van der Waals surface area contributed by atoms with Crippen LogP contribution in [0.4, 0.5) is 0 Å². The zero-order valence-corrected chi connectivity index (χ0v) is 10.8. The van der Waals surface area contributed by atoms with E-state index in [1.807, 2.05) is 18.2 Å². The first-order chi connectivity index (χ1) is 8.69. The molecule has 0 saturated carbocycles. The minimum Gasteiger partial charge on any atom is -0.497 e. The van der Waals surface area contributed by atoms with Crippen molar-refractivity contribution in [1.29, 1.82) is 0 Å². The van der Waals surface area contributed by atoms with Gasteiger partial charge in [-0.1, -0.05) is 12.1 Å². The summed E-state index contributed by atoms with van der Waals surface area (Å²) in [4.78, 5) is 14.3. The molecule has 1 aromatic rings. The molecular weight excluding hydrogens is 228 g/mol. The quantitative estimate of drug-likeness (QED) is 0.816. The Balaban J connectivity index is 1.98. The van der Waals surface area contributed by atoms with Crippen LogP contribution in [0.5, 0.6) is 5.75 Å². The van der Waals surface area contributed by atoms with Crippen molar-refractivity contribution in [2.75, 3.05) is 26.7 Å². The highest BCUT2D eigenvalue weighted by atomic mass is 16.5. The number of carbonyl (C=O) groups is 1. The van der Waals surface area contributed by atoms with Crippen molar-refractivity contribution in [3.8, 4) is 5.75 Å². The van der Waals surface area contributed by atoms with Gasteiger partial charge in [-0.25, -0.2) is 0 Å². The second kappa shape index (κ2) is 5.98. The van der Waals surface area contributed by atoms with Gasteiger partial charge in [0.05, 0.1) is 13.7 Å². The van der Waals surface area contributed by atoms with Gasteiger partial charge < -0.3 is 10.5 Å². The molecule has 98 valence electrons. The topological polar surface area (TPSA) is 55.6 Å². The minimum absolute atomic E-state index is 0.128. The molecule has 0 spiro atoms. The van der Waals surface area contributed by atoms with E-state index in [4.69, 9.17) is 10.5 Å². The lowest BCUT2D eigenvalue weighted by atomic mass is 10.0. The lowest BCUT2D eigenvalue weighted by molar-refractivity contribution is 0.0908. The molecule has 1 fully saturated rings. The summed E-state index contributed by atoms with van der Waals surface area (Å²) in [6, 6.07) is 7.50. The van der Waals surface area contributed by atoms with Crippen LogP contribution in [0.1, 0.15) is 23.2 Å². The van der Waals surface area contributed by atoms with Crippen molar-refractivity contribution < 1.29 is 9.53 Å². The Hall–Kier alpha value is -1.39. The fourth-order valence-corrected chi connectivity index (χ4v) is 2.33. The molecule has 0 aliphatic carbocycles. The molecule has 4 nitrogen and oxygen atoms in total. The number of likely N-dealkylation sites (tertiary alicyclic amines) is 1. The van der Waals surface area contributed by atoms with E-state index < -0.39 is 0 Å². The van der Waals surface area contributed by atoms with E-state index in [2.05, 4.69) is 4.90 Å². The summed E-state index contributed by atoms with van der Waals surface area (Å²) in [6.07, 6.45) is 2.14. The third-order valence-corrected chi connectivity index (χ3v) is 3.30. The van der Waals surface area contributed by atoms with Gasteiger partial charge in [0.1, 0.15) is 5.75 Å². The van der Waals surface area contributed by atoms with Crippen LogP contribution in [0.2, 0.25) is 0 Å². The SMILES string of the molecule is COc1cccc(C(=O)CN2CCCC(N)C2)c1. The van der Waals surface area contributed by atoms with E-state index in [1.54, 1.807) is 13.2 Å². The Morgan fingerprint density at radius 2 is 2.39 bits per heavy atom. The molecule has 1 aliphatic heterocycles. The summed E-state index contributed by atoms with van der Waals surface area (Å²) >= 11 is 0. The Kier molecular flexibility index (Phi) is 4.33. The second-order valence-electron chi connectivity index (χ2n) is 4.79. The number of ether oxygens (including phenoxy) is 1. The van der Waals surface area contributed by atoms with Gasteiger partial charge in [-0.3, -0.25) is 9.69 Å². The second-order valence-corrected chi connectivity index (χ2v) is 4.79. The smallest absolute Gasteiger partial charge is 0.176 e. The van der Waals surface area contributed by atoms with Crippen LogP contribution in [0.3, 0.4) is 0 Å². The number of hydrogen-bond donors (Lipinski definition) is 1. The molecule has 0 aromatic heterocycles. The largest absolute Gasteiger partial charge is 0.497 e. The van der Waals surface area contributed by atoms with Crippen LogP contribution in [0, 0.1) is 0 Å². The summed E-state index contributed by atoms with van der Waals surface area (Å²) in [5.41, 5.74) is 6.61. The number of Topliss-reactive ketones (excluding diaryl/α,β-unsaturated/α-hetero) is 1. The molecule has 1 aromatic carbocycles. The molecule has 2 N–H and O–H groups in total. The van der Waals surface area contributed by atoms with E-state index in [0.717, 1.165) is 31.7 Å². The number of rotatable bonds is 4. The van der Waals surface area contributed by atoms with Crippen molar-refractivity contribution in [3.63, 3.8) is 0 Å². The maximum atomic E-state index is 12.1. The van der Waals surface area contributed by atoms with Crippen molar-refractivity contribution in [1.82, 2.24) is 4.90 Å². The third-order valence-electron chi connectivity index (χ3n) is 3.30. The van der Waals surface area contributed by atoms with Gasteiger partial charge in [-0.2, -0.15) is 0 Å². The Morgan fingerprint density at radius 1 is 1.56 bits per heavy atom. The molecule has 0 amide bonds. The molecule has 18 heavy (non-hydrogen) atoms. The van der Waals surface area contributed by atoms with Gasteiger partial charge in [0.2, 0.25) is 0 Å². The summed E-state index contributed by atoms with van der Waals surface area (Å²) in [5.74, 6) is 0.846. The average molecular weight is 248 g/mol. The lowest BCUT2D eigenvalue weighted by Gasteiger charge is -2.29. The van der Waals surface area contributed by atoms with Crippen LogP contribution in [0.25, 0.3) is 0 Å². The van der Waals surface area contributed by atoms with E-state index in [0.29, 0.717) is 12.1 Å². The van der Waals surface area contributed by atoms with Crippen LogP contribution >= 0.6 is 0 Å². The molecule has 0 radical (unpaired) electrons. The normalized spacial score (nSPS) is 20.7. The summed E-state index contributed by atoms with van der Waals surface area (Å²) in [7, 11) is 1.60. The Bertz CT molecular complexity index is 420. The molecule has 1 unspecified atom stereocenters. The van der Waals surface area contributed by atoms with Gasteiger partial charge in [-0.15, -0.1) is 0 Å². The maximum Gasteiger partial charge on any atom is 0.176 e. The number of carbonyl (C=O) groups excluding carboxylic acids is 1. The molecule has 1 saturated heterocycles. The van der Waals surface area contributed by atoms with Crippen molar-refractivity contribution in [2.24, 2.45) is 5.73 Å². The first kappa shape index (κ1) is 13.1. The first-order valence-corrected chi connectivity index (χ1v) is 6.34. The zero-order chi connectivity index (χ0) is 13.0. The number of hydrogen-bond acceptors (Lipinski definition) is 4.